The summed E-state index contributed by atoms with van der Waals surface area (Å²) in [7, 11) is 0. The molecule has 3 amide bonds. The molecule has 106 valence electrons. The van der Waals surface area contributed by atoms with Crippen LogP contribution in [0.15, 0.2) is 30.3 Å². The number of nitrogens with zero attached hydrogens (tertiary/aromatic N) is 1. The Balaban J connectivity index is 1.85. The molecule has 0 aliphatic carbocycles. The van der Waals surface area contributed by atoms with E-state index in [9.17, 15) is 14.4 Å². The Bertz CT molecular complexity index is 502. The van der Waals surface area contributed by atoms with E-state index in [0.717, 1.165) is 6.42 Å². The van der Waals surface area contributed by atoms with E-state index in [-0.39, 0.29) is 30.8 Å². The summed E-state index contributed by atoms with van der Waals surface area (Å²) in [4.78, 5) is 36.6. The Labute approximate surface area is 117 Å². The van der Waals surface area contributed by atoms with Crippen molar-refractivity contribution in [1.82, 2.24) is 15.5 Å². The minimum atomic E-state index is -0.293. The van der Waals surface area contributed by atoms with Gasteiger partial charge in [0.05, 0.1) is 13.1 Å². The smallest absolute Gasteiger partial charge is 0.251 e. The lowest BCUT2D eigenvalue weighted by Gasteiger charge is -2.19. The van der Waals surface area contributed by atoms with Gasteiger partial charge in [0.2, 0.25) is 11.8 Å². The molecule has 1 heterocycles. The average molecular weight is 275 g/mol. The van der Waals surface area contributed by atoms with Gasteiger partial charge in [0.1, 0.15) is 0 Å². The van der Waals surface area contributed by atoms with Gasteiger partial charge in [0.15, 0.2) is 0 Å². The van der Waals surface area contributed by atoms with Crippen molar-refractivity contribution < 1.29 is 14.4 Å². The highest BCUT2D eigenvalue weighted by atomic mass is 16.2. The zero-order chi connectivity index (χ0) is 14.4. The van der Waals surface area contributed by atoms with Crippen LogP contribution in [0.2, 0.25) is 0 Å². The summed E-state index contributed by atoms with van der Waals surface area (Å²) in [6, 6.07) is 8.70. The Morgan fingerprint density at radius 1 is 1.25 bits per heavy atom. The van der Waals surface area contributed by atoms with Crippen molar-refractivity contribution in [2.45, 2.75) is 6.42 Å². The third-order valence-corrected chi connectivity index (χ3v) is 3.05. The molecule has 1 aliphatic rings. The van der Waals surface area contributed by atoms with Crippen molar-refractivity contribution in [3.05, 3.63) is 35.9 Å². The normalized spacial score (nSPS) is 15.2. The summed E-state index contributed by atoms with van der Waals surface area (Å²) in [6.45, 7) is 1.07. The molecule has 0 radical (unpaired) electrons. The van der Waals surface area contributed by atoms with Crippen LogP contribution in [0, 0.1) is 0 Å². The molecule has 1 fully saturated rings. The summed E-state index contributed by atoms with van der Waals surface area (Å²) in [5, 5.41) is 5.27. The van der Waals surface area contributed by atoms with E-state index in [1.165, 1.54) is 4.90 Å². The van der Waals surface area contributed by atoms with Crippen LogP contribution < -0.4 is 10.6 Å². The molecule has 1 saturated heterocycles. The van der Waals surface area contributed by atoms with Crippen LogP contribution in [-0.2, 0) is 9.59 Å². The van der Waals surface area contributed by atoms with Gasteiger partial charge in [-0.1, -0.05) is 18.2 Å². The second-order valence-corrected chi connectivity index (χ2v) is 4.57. The second-order valence-electron chi connectivity index (χ2n) is 4.57. The van der Waals surface area contributed by atoms with Gasteiger partial charge in [-0.3, -0.25) is 14.4 Å². The molecule has 0 atom stereocenters. The lowest BCUT2D eigenvalue weighted by Crippen LogP contribution is -2.43. The molecule has 2 N–H and O–H groups in total. The van der Waals surface area contributed by atoms with Gasteiger partial charge in [-0.15, -0.1) is 0 Å². The first-order valence-electron chi connectivity index (χ1n) is 6.54. The predicted octanol–water partition coefficient (Wildman–Crippen LogP) is -0.235. The van der Waals surface area contributed by atoms with Crippen LogP contribution in [-0.4, -0.2) is 48.8 Å². The van der Waals surface area contributed by atoms with Crippen LogP contribution in [0.1, 0.15) is 16.8 Å². The first-order chi connectivity index (χ1) is 9.66. The molecule has 1 aromatic rings. The van der Waals surface area contributed by atoms with E-state index in [1.54, 1.807) is 24.3 Å². The van der Waals surface area contributed by atoms with E-state index in [1.807, 2.05) is 6.07 Å². The van der Waals surface area contributed by atoms with Crippen molar-refractivity contribution in [3.63, 3.8) is 0 Å². The monoisotopic (exact) mass is 275 g/mol. The molecule has 0 unspecified atom stereocenters. The number of carbonyl (C=O) groups is 3. The van der Waals surface area contributed by atoms with Crippen LogP contribution in [0.25, 0.3) is 0 Å². The van der Waals surface area contributed by atoms with E-state index in [4.69, 9.17) is 0 Å². The van der Waals surface area contributed by atoms with Gasteiger partial charge in [0.25, 0.3) is 5.91 Å². The molecule has 6 heteroatoms. The van der Waals surface area contributed by atoms with E-state index in [2.05, 4.69) is 10.6 Å². The fourth-order valence-corrected chi connectivity index (χ4v) is 1.98. The van der Waals surface area contributed by atoms with Crippen molar-refractivity contribution >= 4 is 17.7 Å². The lowest BCUT2D eigenvalue weighted by molar-refractivity contribution is -0.134. The zero-order valence-corrected chi connectivity index (χ0v) is 11.1. The molecule has 1 aliphatic heterocycles. The number of hydrogen-bond acceptors (Lipinski definition) is 3. The lowest BCUT2D eigenvalue weighted by atomic mass is 10.2. The standard InChI is InChI=1S/C14H17N3O3/c18-12-10-17(8-4-7-15-12)13(19)9-16-14(20)11-5-2-1-3-6-11/h1-3,5-6H,4,7-10H2,(H,15,18)(H,16,20). The maximum atomic E-state index is 12.0. The van der Waals surface area contributed by atoms with E-state index < -0.39 is 0 Å². The van der Waals surface area contributed by atoms with Gasteiger partial charge < -0.3 is 15.5 Å². The van der Waals surface area contributed by atoms with Crippen LogP contribution in [0.4, 0.5) is 0 Å². The van der Waals surface area contributed by atoms with E-state index in [0.29, 0.717) is 18.7 Å². The van der Waals surface area contributed by atoms with Crippen molar-refractivity contribution in [2.24, 2.45) is 0 Å². The van der Waals surface area contributed by atoms with Crippen LogP contribution in [0.3, 0.4) is 0 Å². The molecular weight excluding hydrogens is 258 g/mol. The first-order valence-corrected chi connectivity index (χ1v) is 6.54. The average Bonchev–Trinajstić information content (AvgIpc) is 2.70. The molecular formula is C14H17N3O3. The summed E-state index contributed by atoms with van der Waals surface area (Å²) < 4.78 is 0. The Morgan fingerprint density at radius 2 is 2.00 bits per heavy atom. The fourth-order valence-electron chi connectivity index (χ4n) is 1.98. The Kier molecular flexibility index (Phi) is 4.70. The van der Waals surface area contributed by atoms with Crippen LogP contribution in [0.5, 0.6) is 0 Å². The highest BCUT2D eigenvalue weighted by Gasteiger charge is 2.19. The zero-order valence-electron chi connectivity index (χ0n) is 11.1. The summed E-state index contributed by atoms with van der Waals surface area (Å²) in [5.74, 6) is -0.699. The van der Waals surface area contributed by atoms with Crippen molar-refractivity contribution in [1.29, 1.82) is 0 Å². The fraction of sp³-hybridized carbons (Fsp3) is 0.357. The van der Waals surface area contributed by atoms with Crippen LogP contribution >= 0.6 is 0 Å². The molecule has 6 nitrogen and oxygen atoms in total. The molecule has 0 saturated carbocycles. The van der Waals surface area contributed by atoms with Gasteiger partial charge in [0, 0.05) is 18.7 Å². The number of carbonyl (C=O) groups excluding carboxylic acids is 3. The van der Waals surface area contributed by atoms with Crippen molar-refractivity contribution in [3.8, 4) is 0 Å². The third kappa shape index (κ3) is 3.81. The molecule has 2 rings (SSSR count). The van der Waals surface area contributed by atoms with E-state index >= 15 is 0 Å². The summed E-state index contributed by atoms with van der Waals surface area (Å²) in [5.41, 5.74) is 0.508. The molecule has 0 bridgehead atoms. The van der Waals surface area contributed by atoms with Gasteiger partial charge in [-0.2, -0.15) is 0 Å². The predicted molar refractivity (Wildman–Crippen MR) is 73.0 cm³/mol. The molecule has 0 spiro atoms. The maximum Gasteiger partial charge on any atom is 0.251 e. The number of nitrogens with one attached hydrogen (secondary N) is 2. The summed E-state index contributed by atoms with van der Waals surface area (Å²) in [6.07, 6.45) is 0.726. The molecule has 1 aromatic carbocycles. The van der Waals surface area contributed by atoms with Gasteiger partial charge >= 0.3 is 0 Å². The maximum absolute atomic E-state index is 12.0. The quantitative estimate of drug-likeness (QED) is 0.799. The highest BCUT2D eigenvalue weighted by Crippen LogP contribution is 1.99. The third-order valence-electron chi connectivity index (χ3n) is 3.05. The minimum absolute atomic E-state index is 0.0556. The van der Waals surface area contributed by atoms with Crippen molar-refractivity contribution in [2.75, 3.05) is 26.2 Å². The SMILES string of the molecule is O=C1CN(C(=O)CNC(=O)c2ccccc2)CCCN1. The second kappa shape index (κ2) is 6.70. The Hall–Kier alpha value is -2.37. The first kappa shape index (κ1) is 14.0. The molecule has 20 heavy (non-hydrogen) atoms. The minimum Gasteiger partial charge on any atom is -0.354 e. The summed E-state index contributed by atoms with van der Waals surface area (Å²) >= 11 is 0. The molecule has 0 aromatic heterocycles. The Morgan fingerprint density at radius 3 is 2.75 bits per heavy atom. The number of rotatable bonds is 3. The van der Waals surface area contributed by atoms with Gasteiger partial charge in [-0.25, -0.2) is 0 Å². The number of benzene rings is 1. The number of hydrogen-bond donors (Lipinski definition) is 2. The number of amides is 3. The highest BCUT2D eigenvalue weighted by molar-refractivity contribution is 5.96. The van der Waals surface area contributed by atoms with Gasteiger partial charge in [-0.05, 0) is 18.6 Å². The topological polar surface area (TPSA) is 78.5 Å². The largest absolute Gasteiger partial charge is 0.354 e.